The third-order valence-corrected chi connectivity index (χ3v) is 3.15. The molecule has 2 N–H and O–H groups in total. The molecule has 2 heterocycles. The molecule has 15 heavy (non-hydrogen) atoms. The fraction of sp³-hybridized carbons (Fsp3) is 0.556. The SMILES string of the molecule is CCc1ncsc1NC(=O)C1CNC1.Cl. The Morgan fingerprint density at radius 1 is 1.73 bits per heavy atom. The molecule has 1 fully saturated rings. The smallest absolute Gasteiger partial charge is 0.230 e. The van der Waals surface area contributed by atoms with Gasteiger partial charge in [0.1, 0.15) is 5.00 Å². The molecule has 1 saturated heterocycles. The monoisotopic (exact) mass is 247 g/mol. The molecular weight excluding hydrogens is 234 g/mol. The number of carbonyl (C=O) groups excluding carboxylic acids is 1. The number of nitrogens with one attached hydrogen (secondary N) is 2. The van der Waals surface area contributed by atoms with E-state index in [9.17, 15) is 4.79 Å². The van der Waals surface area contributed by atoms with Crippen LogP contribution < -0.4 is 10.6 Å². The van der Waals surface area contributed by atoms with Gasteiger partial charge in [-0.15, -0.1) is 23.7 Å². The Morgan fingerprint density at radius 3 is 3.00 bits per heavy atom. The van der Waals surface area contributed by atoms with E-state index in [0.717, 1.165) is 30.2 Å². The molecule has 1 aliphatic heterocycles. The van der Waals surface area contributed by atoms with Gasteiger partial charge in [0.15, 0.2) is 0 Å². The molecule has 0 radical (unpaired) electrons. The Morgan fingerprint density at radius 2 is 2.47 bits per heavy atom. The summed E-state index contributed by atoms with van der Waals surface area (Å²) in [7, 11) is 0. The van der Waals surface area contributed by atoms with Crippen LogP contribution in [-0.2, 0) is 11.2 Å². The molecule has 1 aromatic rings. The van der Waals surface area contributed by atoms with Crippen LogP contribution in [0.25, 0.3) is 0 Å². The summed E-state index contributed by atoms with van der Waals surface area (Å²) >= 11 is 1.49. The van der Waals surface area contributed by atoms with E-state index in [4.69, 9.17) is 0 Å². The number of aryl methyl sites for hydroxylation is 1. The molecule has 1 aliphatic rings. The summed E-state index contributed by atoms with van der Waals surface area (Å²) in [4.78, 5) is 15.8. The van der Waals surface area contributed by atoms with Crippen molar-refractivity contribution in [1.82, 2.24) is 10.3 Å². The molecule has 2 rings (SSSR count). The van der Waals surface area contributed by atoms with Gasteiger partial charge in [0.2, 0.25) is 5.91 Å². The van der Waals surface area contributed by atoms with E-state index in [1.807, 2.05) is 6.92 Å². The maximum atomic E-state index is 11.6. The minimum absolute atomic E-state index is 0. The first kappa shape index (κ1) is 12.4. The highest BCUT2D eigenvalue weighted by Crippen LogP contribution is 2.21. The zero-order valence-electron chi connectivity index (χ0n) is 8.45. The van der Waals surface area contributed by atoms with Crippen LogP contribution in [-0.4, -0.2) is 24.0 Å². The maximum absolute atomic E-state index is 11.6. The number of hydrogen-bond acceptors (Lipinski definition) is 4. The summed E-state index contributed by atoms with van der Waals surface area (Å²) in [6.07, 6.45) is 0.863. The standard InChI is InChI=1S/C9H13N3OS.ClH/c1-2-7-9(14-5-11-7)12-8(13)6-3-10-4-6;/h5-6,10H,2-4H2,1H3,(H,12,13);1H. The van der Waals surface area contributed by atoms with Crippen LogP contribution in [0.1, 0.15) is 12.6 Å². The minimum atomic E-state index is 0. The van der Waals surface area contributed by atoms with E-state index in [0.29, 0.717) is 0 Å². The first-order valence-electron chi connectivity index (χ1n) is 4.75. The molecule has 0 aliphatic carbocycles. The lowest BCUT2D eigenvalue weighted by Gasteiger charge is -2.25. The van der Waals surface area contributed by atoms with Crippen molar-refractivity contribution in [3.8, 4) is 0 Å². The number of anilines is 1. The second-order valence-electron chi connectivity index (χ2n) is 3.33. The van der Waals surface area contributed by atoms with Gasteiger partial charge in [0, 0.05) is 13.1 Å². The van der Waals surface area contributed by atoms with Gasteiger partial charge in [0.25, 0.3) is 0 Å². The fourth-order valence-corrected chi connectivity index (χ4v) is 2.09. The number of amides is 1. The fourth-order valence-electron chi connectivity index (χ4n) is 1.31. The number of hydrogen-bond donors (Lipinski definition) is 2. The van der Waals surface area contributed by atoms with E-state index in [1.54, 1.807) is 5.51 Å². The summed E-state index contributed by atoms with van der Waals surface area (Å²) < 4.78 is 0. The Kier molecular flexibility index (Phi) is 4.50. The topological polar surface area (TPSA) is 54.0 Å². The molecule has 4 nitrogen and oxygen atoms in total. The Bertz CT molecular complexity index is 338. The number of carbonyl (C=O) groups is 1. The summed E-state index contributed by atoms with van der Waals surface area (Å²) in [6.45, 7) is 3.63. The third kappa shape index (κ3) is 2.68. The Balaban J connectivity index is 0.00000112. The predicted octanol–water partition coefficient (Wildman–Crippen LogP) is 1.29. The van der Waals surface area contributed by atoms with Crippen LogP contribution in [0.2, 0.25) is 0 Å². The molecule has 0 saturated carbocycles. The maximum Gasteiger partial charge on any atom is 0.230 e. The Hall–Kier alpha value is -0.650. The summed E-state index contributed by atoms with van der Waals surface area (Å²) in [6, 6.07) is 0. The highest BCUT2D eigenvalue weighted by atomic mass is 35.5. The summed E-state index contributed by atoms with van der Waals surface area (Å²) in [5.41, 5.74) is 2.75. The van der Waals surface area contributed by atoms with E-state index in [2.05, 4.69) is 15.6 Å². The zero-order valence-corrected chi connectivity index (χ0v) is 10.1. The van der Waals surface area contributed by atoms with Crippen molar-refractivity contribution in [3.05, 3.63) is 11.2 Å². The lowest BCUT2D eigenvalue weighted by atomic mass is 10.0. The molecule has 0 aromatic carbocycles. The second-order valence-corrected chi connectivity index (χ2v) is 4.18. The molecule has 6 heteroatoms. The predicted molar refractivity (Wildman–Crippen MR) is 63.7 cm³/mol. The molecule has 0 spiro atoms. The number of thiazole rings is 1. The number of nitrogens with zero attached hydrogens (tertiary/aromatic N) is 1. The van der Waals surface area contributed by atoms with E-state index in [-0.39, 0.29) is 24.2 Å². The highest BCUT2D eigenvalue weighted by molar-refractivity contribution is 7.14. The second kappa shape index (κ2) is 5.44. The molecule has 0 bridgehead atoms. The largest absolute Gasteiger partial charge is 0.316 e. The summed E-state index contributed by atoms with van der Waals surface area (Å²) in [5, 5.41) is 6.90. The van der Waals surface area contributed by atoms with Crippen LogP contribution in [0.5, 0.6) is 0 Å². The van der Waals surface area contributed by atoms with Crippen LogP contribution in [0.3, 0.4) is 0 Å². The van der Waals surface area contributed by atoms with Crippen molar-refractivity contribution in [2.24, 2.45) is 5.92 Å². The molecule has 0 unspecified atom stereocenters. The Labute approximate surface area is 98.9 Å². The van der Waals surface area contributed by atoms with Crippen molar-refractivity contribution in [1.29, 1.82) is 0 Å². The van der Waals surface area contributed by atoms with Gasteiger partial charge in [-0.1, -0.05) is 6.92 Å². The average Bonchev–Trinajstić information content (AvgIpc) is 2.48. The first-order chi connectivity index (χ1) is 6.81. The van der Waals surface area contributed by atoms with E-state index >= 15 is 0 Å². The number of aromatic nitrogens is 1. The van der Waals surface area contributed by atoms with Gasteiger partial charge in [-0.2, -0.15) is 0 Å². The van der Waals surface area contributed by atoms with E-state index in [1.165, 1.54) is 11.3 Å². The first-order valence-corrected chi connectivity index (χ1v) is 5.63. The average molecular weight is 248 g/mol. The molecule has 0 atom stereocenters. The summed E-state index contributed by atoms with van der Waals surface area (Å²) in [5.74, 6) is 0.254. The lowest BCUT2D eigenvalue weighted by Crippen LogP contribution is -2.48. The van der Waals surface area contributed by atoms with Crippen LogP contribution in [0, 0.1) is 5.92 Å². The molecule has 1 amide bonds. The van der Waals surface area contributed by atoms with E-state index < -0.39 is 0 Å². The van der Waals surface area contributed by atoms with Crippen molar-refractivity contribution < 1.29 is 4.79 Å². The quantitative estimate of drug-likeness (QED) is 0.846. The molecule has 84 valence electrons. The normalized spacial score (nSPS) is 15.3. The number of rotatable bonds is 3. The van der Waals surface area contributed by atoms with Crippen molar-refractivity contribution in [3.63, 3.8) is 0 Å². The molecule has 1 aromatic heterocycles. The van der Waals surface area contributed by atoms with Crippen molar-refractivity contribution in [2.45, 2.75) is 13.3 Å². The van der Waals surface area contributed by atoms with Gasteiger partial charge in [-0.05, 0) is 6.42 Å². The van der Waals surface area contributed by atoms with Gasteiger partial charge < -0.3 is 10.6 Å². The van der Waals surface area contributed by atoms with Crippen LogP contribution in [0.15, 0.2) is 5.51 Å². The van der Waals surface area contributed by atoms with Gasteiger partial charge in [0.05, 0.1) is 17.1 Å². The van der Waals surface area contributed by atoms with Gasteiger partial charge >= 0.3 is 0 Å². The van der Waals surface area contributed by atoms with Crippen LogP contribution >= 0.6 is 23.7 Å². The van der Waals surface area contributed by atoms with Crippen LogP contribution in [0.4, 0.5) is 5.00 Å². The third-order valence-electron chi connectivity index (χ3n) is 2.37. The highest BCUT2D eigenvalue weighted by Gasteiger charge is 2.25. The lowest BCUT2D eigenvalue weighted by molar-refractivity contribution is -0.121. The van der Waals surface area contributed by atoms with Gasteiger partial charge in [-0.3, -0.25) is 4.79 Å². The van der Waals surface area contributed by atoms with Gasteiger partial charge in [-0.25, -0.2) is 4.98 Å². The number of halogens is 1. The minimum Gasteiger partial charge on any atom is -0.316 e. The van der Waals surface area contributed by atoms with Crippen molar-refractivity contribution >= 4 is 34.7 Å². The van der Waals surface area contributed by atoms with Crippen molar-refractivity contribution in [2.75, 3.05) is 18.4 Å². The molecular formula is C9H14ClN3OS. The zero-order chi connectivity index (χ0) is 9.97.